The predicted molar refractivity (Wildman–Crippen MR) is 107 cm³/mol. The maximum absolute atomic E-state index is 12.9. The fraction of sp³-hybridized carbons (Fsp3) is 0.650. The van der Waals surface area contributed by atoms with E-state index in [0.29, 0.717) is 11.6 Å². The van der Waals surface area contributed by atoms with Crippen LogP contribution in [-0.4, -0.2) is 39.8 Å². The van der Waals surface area contributed by atoms with Gasteiger partial charge in [0.05, 0.1) is 18.3 Å². The van der Waals surface area contributed by atoms with E-state index in [2.05, 4.69) is 18.8 Å². The van der Waals surface area contributed by atoms with Crippen molar-refractivity contribution < 1.29 is 9.59 Å². The summed E-state index contributed by atoms with van der Waals surface area (Å²) in [6.45, 7) is 8.04. The standard InChI is InChI=1S/C20H35N5O2/c1-5-14(4)19(23)20(27)25(12-15-8-6-7-9-24-15)18(26)11-17(22)16(21)10-13(2)3/h6-9,13-14,16-17,19H,5,10-12,21-23H2,1-4H3/t14-,16-,17-,19-/m0/s1. The second kappa shape index (κ2) is 11.1. The van der Waals surface area contributed by atoms with Crippen molar-refractivity contribution in [2.45, 2.75) is 71.6 Å². The summed E-state index contributed by atoms with van der Waals surface area (Å²) in [5, 5.41) is 0. The summed E-state index contributed by atoms with van der Waals surface area (Å²) in [5.74, 6) is -0.416. The Balaban J connectivity index is 2.95. The zero-order valence-corrected chi connectivity index (χ0v) is 17.0. The SMILES string of the molecule is CC[C@H](C)[C@H](N)C(=O)N(Cc1ccccn1)C(=O)C[C@H](N)[C@@H](N)CC(C)C. The first-order valence-electron chi connectivity index (χ1n) is 9.68. The van der Waals surface area contributed by atoms with Crippen molar-refractivity contribution in [3.8, 4) is 0 Å². The second-order valence-electron chi connectivity index (χ2n) is 7.71. The van der Waals surface area contributed by atoms with Gasteiger partial charge in [-0.1, -0.05) is 40.2 Å². The Labute approximate surface area is 162 Å². The van der Waals surface area contributed by atoms with Crippen LogP contribution in [0.5, 0.6) is 0 Å². The molecule has 0 aliphatic carbocycles. The number of hydrogen-bond donors (Lipinski definition) is 3. The minimum Gasteiger partial charge on any atom is -0.326 e. The fourth-order valence-electron chi connectivity index (χ4n) is 2.80. The monoisotopic (exact) mass is 377 g/mol. The first-order valence-corrected chi connectivity index (χ1v) is 9.68. The molecule has 27 heavy (non-hydrogen) atoms. The van der Waals surface area contributed by atoms with E-state index in [1.165, 1.54) is 4.90 Å². The molecule has 4 atom stereocenters. The molecule has 1 heterocycles. The molecule has 7 heteroatoms. The molecule has 2 amide bonds. The highest BCUT2D eigenvalue weighted by Crippen LogP contribution is 2.14. The Bertz CT molecular complexity index is 593. The minimum absolute atomic E-state index is 0.000311. The van der Waals surface area contributed by atoms with E-state index in [9.17, 15) is 9.59 Å². The van der Waals surface area contributed by atoms with Crippen LogP contribution in [-0.2, 0) is 16.1 Å². The molecule has 7 nitrogen and oxygen atoms in total. The molecule has 0 fully saturated rings. The summed E-state index contributed by atoms with van der Waals surface area (Å²) in [4.78, 5) is 31.2. The van der Waals surface area contributed by atoms with Gasteiger partial charge in [0.1, 0.15) is 0 Å². The van der Waals surface area contributed by atoms with Crippen LogP contribution in [0.1, 0.15) is 52.7 Å². The van der Waals surface area contributed by atoms with Crippen molar-refractivity contribution in [2.24, 2.45) is 29.0 Å². The smallest absolute Gasteiger partial charge is 0.246 e. The molecule has 0 aromatic carbocycles. The van der Waals surface area contributed by atoms with Crippen LogP contribution in [0, 0.1) is 11.8 Å². The van der Waals surface area contributed by atoms with Gasteiger partial charge in [0.2, 0.25) is 11.8 Å². The summed E-state index contributed by atoms with van der Waals surface area (Å²) < 4.78 is 0. The zero-order valence-electron chi connectivity index (χ0n) is 17.0. The predicted octanol–water partition coefficient (Wildman–Crippen LogP) is 1.40. The molecule has 1 rings (SSSR count). The minimum atomic E-state index is -0.747. The number of aromatic nitrogens is 1. The van der Waals surface area contributed by atoms with Gasteiger partial charge in [-0.05, 0) is 30.4 Å². The van der Waals surface area contributed by atoms with E-state index < -0.39 is 18.0 Å². The van der Waals surface area contributed by atoms with Crippen LogP contribution >= 0.6 is 0 Å². The first kappa shape index (κ1) is 23.2. The number of nitrogens with two attached hydrogens (primary N) is 3. The van der Waals surface area contributed by atoms with Crippen molar-refractivity contribution in [1.29, 1.82) is 0 Å². The number of amides is 2. The fourth-order valence-corrected chi connectivity index (χ4v) is 2.80. The van der Waals surface area contributed by atoms with Gasteiger partial charge in [0, 0.05) is 24.7 Å². The number of carbonyl (C=O) groups is 2. The maximum Gasteiger partial charge on any atom is 0.246 e. The highest BCUT2D eigenvalue weighted by molar-refractivity contribution is 5.98. The van der Waals surface area contributed by atoms with Gasteiger partial charge in [-0.2, -0.15) is 0 Å². The van der Waals surface area contributed by atoms with E-state index >= 15 is 0 Å². The van der Waals surface area contributed by atoms with Gasteiger partial charge in [0.15, 0.2) is 0 Å². The first-order chi connectivity index (χ1) is 12.7. The van der Waals surface area contributed by atoms with Gasteiger partial charge in [-0.15, -0.1) is 0 Å². The van der Waals surface area contributed by atoms with Crippen LogP contribution in [0.25, 0.3) is 0 Å². The van der Waals surface area contributed by atoms with Crippen molar-refractivity contribution in [2.75, 3.05) is 0 Å². The number of pyridine rings is 1. The summed E-state index contributed by atoms with van der Waals surface area (Å²) >= 11 is 0. The van der Waals surface area contributed by atoms with E-state index in [1.807, 2.05) is 19.9 Å². The molecule has 0 bridgehead atoms. The van der Waals surface area contributed by atoms with Gasteiger partial charge in [-0.25, -0.2) is 0 Å². The van der Waals surface area contributed by atoms with E-state index in [4.69, 9.17) is 17.2 Å². The van der Waals surface area contributed by atoms with Crippen LogP contribution in [0.3, 0.4) is 0 Å². The zero-order chi connectivity index (χ0) is 20.6. The van der Waals surface area contributed by atoms with Gasteiger partial charge < -0.3 is 17.2 Å². The topological polar surface area (TPSA) is 128 Å². The van der Waals surface area contributed by atoms with Gasteiger partial charge >= 0.3 is 0 Å². The molecule has 0 unspecified atom stereocenters. The van der Waals surface area contributed by atoms with Crippen LogP contribution in [0.2, 0.25) is 0 Å². The van der Waals surface area contributed by atoms with Gasteiger partial charge in [0.25, 0.3) is 0 Å². The molecule has 152 valence electrons. The van der Waals surface area contributed by atoms with Crippen LogP contribution in [0.15, 0.2) is 24.4 Å². The molecule has 0 radical (unpaired) electrons. The molecular formula is C20H35N5O2. The largest absolute Gasteiger partial charge is 0.326 e. The Morgan fingerprint density at radius 3 is 2.30 bits per heavy atom. The average Bonchev–Trinajstić information content (AvgIpc) is 2.64. The van der Waals surface area contributed by atoms with Crippen LogP contribution < -0.4 is 17.2 Å². The van der Waals surface area contributed by atoms with Crippen LogP contribution in [0.4, 0.5) is 0 Å². The number of imide groups is 1. The molecule has 1 aromatic heterocycles. The van der Waals surface area contributed by atoms with E-state index in [-0.39, 0.29) is 30.8 Å². The number of rotatable bonds is 10. The Morgan fingerprint density at radius 2 is 1.78 bits per heavy atom. The van der Waals surface area contributed by atoms with Crippen molar-refractivity contribution in [3.63, 3.8) is 0 Å². The third-order valence-electron chi connectivity index (χ3n) is 4.86. The molecule has 0 aliphatic rings. The molecule has 6 N–H and O–H groups in total. The normalized spacial score (nSPS) is 15.9. The molecule has 0 aliphatic heterocycles. The third-order valence-corrected chi connectivity index (χ3v) is 4.86. The lowest BCUT2D eigenvalue weighted by atomic mass is 9.95. The Kier molecular flexibility index (Phi) is 9.55. The van der Waals surface area contributed by atoms with E-state index in [0.717, 1.165) is 12.8 Å². The molecule has 0 saturated carbocycles. The van der Waals surface area contributed by atoms with Crippen molar-refractivity contribution in [1.82, 2.24) is 9.88 Å². The molecule has 0 saturated heterocycles. The number of carbonyl (C=O) groups excluding carboxylic acids is 2. The number of hydrogen-bond acceptors (Lipinski definition) is 6. The maximum atomic E-state index is 12.9. The lowest BCUT2D eigenvalue weighted by Gasteiger charge is -2.28. The molecular weight excluding hydrogens is 342 g/mol. The summed E-state index contributed by atoms with van der Waals surface area (Å²) in [6, 6.07) is 3.80. The number of nitrogens with zero attached hydrogens (tertiary/aromatic N) is 2. The van der Waals surface area contributed by atoms with Gasteiger partial charge in [-0.3, -0.25) is 19.5 Å². The summed E-state index contributed by atoms with van der Waals surface area (Å²) in [7, 11) is 0. The van der Waals surface area contributed by atoms with Crippen molar-refractivity contribution in [3.05, 3.63) is 30.1 Å². The molecule has 1 aromatic rings. The highest BCUT2D eigenvalue weighted by Gasteiger charge is 2.31. The second-order valence-corrected chi connectivity index (χ2v) is 7.71. The third kappa shape index (κ3) is 7.36. The van der Waals surface area contributed by atoms with E-state index in [1.54, 1.807) is 18.3 Å². The quantitative estimate of drug-likeness (QED) is 0.565. The lowest BCUT2D eigenvalue weighted by molar-refractivity contribution is -0.147. The highest BCUT2D eigenvalue weighted by atomic mass is 16.2. The summed E-state index contributed by atoms with van der Waals surface area (Å²) in [6.07, 6.45) is 3.09. The van der Waals surface area contributed by atoms with Crippen molar-refractivity contribution >= 4 is 11.8 Å². The average molecular weight is 378 g/mol. The summed E-state index contributed by atoms with van der Waals surface area (Å²) in [5.41, 5.74) is 19.0. The lowest BCUT2D eigenvalue weighted by Crippen LogP contribution is -2.52. The Hall–Kier alpha value is -1.83. The Morgan fingerprint density at radius 1 is 1.11 bits per heavy atom. The molecule has 0 spiro atoms.